The first-order chi connectivity index (χ1) is 13.1. The summed E-state index contributed by atoms with van der Waals surface area (Å²) in [5.41, 5.74) is 1.23. The number of rotatable bonds is 6. The molecule has 0 aliphatic carbocycles. The molecule has 0 aliphatic heterocycles. The Balaban J connectivity index is 1.89. The minimum absolute atomic E-state index is 0.0650. The number of halogens is 3. The molecule has 28 heavy (non-hydrogen) atoms. The van der Waals surface area contributed by atoms with Gasteiger partial charge in [-0.1, -0.05) is 17.7 Å². The lowest BCUT2D eigenvalue weighted by Gasteiger charge is -2.20. The number of anilines is 2. The second kappa shape index (κ2) is 8.88. The maximum absolute atomic E-state index is 12.6. The molecule has 2 rings (SSSR count). The van der Waals surface area contributed by atoms with Gasteiger partial charge in [0.15, 0.2) is 12.6 Å². The highest BCUT2D eigenvalue weighted by Gasteiger charge is 2.30. The summed E-state index contributed by atoms with van der Waals surface area (Å²) in [4.78, 5) is 25.1. The second-order valence-electron chi connectivity index (χ2n) is 6.72. The number of carbonyl (C=O) groups is 2. The van der Waals surface area contributed by atoms with Crippen LogP contribution in [0.1, 0.15) is 18.1 Å². The van der Waals surface area contributed by atoms with Gasteiger partial charge < -0.3 is 15.5 Å². The summed E-state index contributed by atoms with van der Waals surface area (Å²) < 4.78 is 37.8. The SMILES string of the molecule is Cc1ccc(NC(=O)C[NH+](C)[C@@H](C)C(=O)Nc2ccc(C(F)(F)F)cc2)cc1. The number of quaternary nitrogens is 1. The van der Waals surface area contributed by atoms with Gasteiger partial charge in [-0.2, -0.15) is 13.2 Å². The minimum atomic E-state index is -4.43. The average molecular weight is 394 g/mol. The molecule has 0 saturated heterocycles. The van der Waals surface area contributed by atoms with Gasteiger partial charge in [-0.3, -0.25) is 9.59 Å². The molecule has 150 valence electrons. The smallest absolute Gasteiger partial charge is 0.321 e. The Kier molecular flexibility index (Phi) is 6.80. The molecule has 8 heteroatoms. The number of carbonyl (C=O) groups excluding carboxylic acids is 2. The normalized spacial score (nSPS) is 13.5. The van der Waals surface area contributed by atoms with Crippen LogP contribution in [0.4, 0.5) is 24.5 Å². The van der Waals surface area contributed by atoms with Crippen LogP contribution in [0.15, 0.2) is 48.5 Å². The van der Waals surface area contributed by atoms with Crippen molar-refractivity contribution < 1.29 is 27.7 Å². The Morgan fingerprint density at radius 3 is 2.00 bits per heavy atom. The van der Waals surface area contributed by atoms with Crippen LogP contribution in [0.3, 0.4) is 0 Å². The molecule has 0 saturated carbocycles. The number of alkyl halides is 3. The van der Waals surface area contributed by atoms with Gasteiger partial charge in [0, 0.05) is 11.4 Å². The molecule has 1 unspecified atom stereocenters. The highest BCUT2D eigenvalue weighted by molar-refractivity contribution is 5.94. The van der Waals surface area contributed by atoms with Crippen molar-refractivity contribution in [1.82, 2.24) is 0 Å². The lowest BCUT2D eigenvalue weighted by Crippen LogP contribution is -3.14. The molecule has 0 spiro atoms. The van der Waals surface area contributed by atoms with Gasteiger partial charge in [-0.25, -0.2) is 0 Å². The Labute approximate surface area is 161 Å². The Hall–Kier alpha value is -2.87. The van der Waals surface area contributed by atoms with Crippen LogP contribution >= 0.6 is 0 Å². The lowest BCUT2D eigenvalue weighted by atomic mass is 10.2. The standard InChI is InChI=1S/C20H22F3N3O2/c1-13-4-8-16(9-5-13)24-18(27)12-26(3)14(2)19(28)25-17-10-6-15(7-11-17)20(21,22)23/h4-11,14H,12H2,1-3H3,(H,24,27)(H,25,28)/p+1/t14-/m0/s1. The number of likely N-dealkylation sites (N-methyl/N-ethyl adjacent to an activating group) is 1. The molecule has 2 amide bonds. The first-order valence-electron chi connectivity index (χ1n) is 8.73. The summed E-state index contributed by atoms with van der Waals surface area (Å²) in [7, 11) is 1.70. The maximum Gasteiger partial charge on any atom is 0.416 e. The van der Waals surface area contributed by atoms with E-state index in [1.54, 1.807) is 26.1 Å². The van der Waals surface area contributed by atoms with E-state index in [2.05, 4.69) is 10.6 Å². The Morgan fingerprint density at radius 2 is 1.46 bits per heavy atom. The van der Waals surface area contributed by atoms with E-state index in [4.69, 9.17) is 0 Å². The van der Waals surface area contributed by atoms with E-state index < -0.39 is 17.8 Å². The Bertz CT molecular complexity index is 818. The Morgan fingerprint density at radius 1 is 0.964 bits per heavy atom. The fourth-order valence-corrected chi connectivity index (χ4v) is 2.47. The van der Waals surface area contributed by atoms with E-state index in [-0.39, 0.29) is 24.0 Å². The van der Waals surface area contributed by atoms with Crippen LogP contribution in [0.5, 0.6) is 0 Å². The van der Waals surface area contributed by atoms with Crippen molar-refractivity contribution in [2.45, 2.75) is 26.1 Å². The summed E-state index contributed by atoms with van der Waals surface area (Å²) >= 11 is 0. The molecular weight excluding hydrogens is 371 g/mol. The number of benzene rings is 2. The largest absolute Gasteiger partial charge is 0.416 e. The zero-order valence-electron chi connectivity index (χ0n) is 15.9. The van der Waals surface area contributed by atoms with Gasteiger partial charge in [0.1, 0.15) is 0 Å². The van der Waals surface area contributed by atoms with E-state index in [1.807, 2.05) is 19.1 Å². The molecule has 0 bridgehead atoms. The van der Waals surface area contributed by atoms with Gasteiger partial charge in [-0.15, -0.1) is 0 Å². The highest BCUT2D eigenvalue weighted by Crippen LogP contribution is 2.29. The van der Waals surface area contributed by atoms with Crippen molar-refractivity contribution in [3.05, 3.63) is 59.7 Å². The molecule has 5 nitrogen and oxygen atoms in total. The quantitative estimate of drug-likeness (QED) is 0.705. The summed E-state index contributed by atoms with van der Waals surface area (Å²) in [5, 5.41) is 5.34. The van der Waals surface area contributed by atoms with Gasteiger partial charge >= 0.3 is 6.18 Å². The van der Waals surface area contributed by atoms with E-state index in [0.717, 1.165) is 17.7 Å². The van der Waals surface area contributed by atoms with Crippen molar-refractivity contribution in [2.24, 2.45) is 0 Å². The number of hydrogen-bond acceptors (Lipinski definition) is 2. The van der Waals surface area contributed by atoms with Gasteiger partial charge in [0.05, 0.1) is 12.6 Å². The molecule has 2 aromatic rings. The predicted octanol–water partition coefficient (Wildman–Crippen LogP) is 2.49. The topological polar surface area (TPSA) is 62.6 Å². The second-order valence-corrected chi connectivity index (χ2v) is 6.72. The zero-order valence-corrected chi connectivity index (χ0v) is 15.9. The van der Waals surface area contributed by atoms with Crippen LogP contribution in [-0.2, 0) is 15.8 Å². The van der Waals surface area contributed by atoms with E-state index in [1.165, 1.54) is 12.1 Å². The molecule has 2 aromatic carbocycles. The number of hydrogen-bond donors (Lipinski definition) is 3. The van der Waals surface area contributed by atoms with Crippen molar-refractivity contribution in [3.8, 4) is 0 Å². The average Bonchev–Trinajstić information content (AvgIpc) is 2.62. The summed E-state index contributed by atoms with van der Waals surface area (Å²) in [6.07, 6.45) is -4.43. The van der Waals surface area contributed by atoms with Crippen LogP contribution < -0.4 is 15.5 Å². The highest BCUT2D eigenvalue weighted by atomic mass is 19.4. The molecule has 0 radical (unpaired) electrons. The van der Waals surface area contributed by atoms with Crippen LogP contribution in [0.2, 0.25) is 0 Å². The first kappa shape index (κ1) is 21.4. The van der Waals surface area contributed by atoms with Gasteiger partial charge in [0.2, 0.25) is 0 Å². The van der Waals surface area contributed by atoms with Crippen molar-refractivity contribution in [1.29, 1.82) is 0 Å². The van der Waals surface area contributed by atoms with Crippen molar-refractivity contribution in [3.63, 3.8) is 0 Å². The fraction of sp³-hybridized carbons (Fsp3) is 0.300. The van der Waals surface area contributed by atoms with Crippen molar-refractivity contribution in [2.75, 3.05) is 24.2 Å². The molecule has 2 atom stereocenters. The van der Waals surface area contributed by atoms with E-state index in [9.17, 15) is 22.8 Å². The van der Waals surface area contributed by atoms with Crippen LogP contribution in [0.25, 0.3) is 0 Å². The fourth-order valence-electron chi connectivity index (χ4n) is 2.47. The molecular formula is C20H23F3N3O2+. The third-order valence-corrected chi connectivity index (χ3v) is 4.39. The third kappa shape index (κ3) is 6.09. The van der Waals surface area contributed by atoms with E-state index in [0.29, 0.717) is 10.6 Å². The summed E-state index contributed by atoms with van der Waals surface area (Å²) in [5.74, 6) is -0.629. The van der Waals surface area contributed by atoms with Crippen molar-refractivity contribution >= 4 is 23.2 Å². The molecule has 0 aromatic heterocycles. The first-order valence-corrected chi connectivity index (χ1v) is 8.73. The number of nitrogens with one attached hydrogen (secondary N) is 3. The minimum Gasteiger partial charge on any atom is -0.321 e. The predicted molar refractivity (Wildman–Crippen MR) is 101 cm³/mol. The van der Waals surface area contributed by atoms with Gasteiger partial charge in [0.25, 0.3) is 11.8 Å². The maximum atomic E-state index is 12.6. The zero-order chi connectivity index (χ0) is 20.9. The third-order valence-electron chi connectivity index (χ3n) is 4.39. The lowest BCUT2D eigenvalue weighted by molar-refractivity contribution is -0.885. The van der Waals surface area contributed by atoms with E-state index >= 15 is 0 Å². The molecule has 0 fully saturated rings. The number of amides is 2. The monoisotopic (exact) mass is 394 g/mol. The molecule has 0 aliphatic rings. The van der Waals surface area contributed by atoms with Gasteiger partial charge in [-0.05, 0) is 50.2 Å². The summed E-state index contributed by atoms with van der Waals surface area (Å²) in [6, 6.07) is 11.0. The summed E-state index contributed by atoms with van der Waals surface area (Å²) in [6.45, 7) is 3.66. The molecule has 0 heterocycles. The number of aryl methyl sites for hydroxylation is 1. The van der Waals surface area contributed by atoms with Crippen LogP contribution in [-0.4, -0.2) is 31.4 Å². The molecule has 3 N–H and O–H groups in total. The van der Waals surface area contributed by atoms with Crippen LogP contribution in [0, 0.1) is 6.92 Å².